The zero-order valence-corrected chi connectivity index (χ0v) is 22.4. The lowest BCUT2D eigenvalue weighted by Gasteiger charge is -2.11. The summed E-state index contributed by atoms with van der Waals surface area (Å²) in [5.41, 5.74) is 12.4. The van der Waals surface area contributed by atoms with E-state index in [2.05, 4.69) is 106 Å². The van der Waals surface area contributed by atoms with Crippen LogP contribution < -0.4 is 0 Å². The minimum atomic E-state index is 0.991. The molecule has 0 N–H and O–H groups in total. The Balaban J connectivity index is 1.50. The molecule has 4 rings (SSSR count). The van der Waals surface area contributed by atoms with Crippen LogP contribution in [-0.2, 0) is 57.8 Å². The molecular formula is C35H41N. The van der Waals surface area contributed by atoms with Crippen LogP contribution in [0.25, 0.3) is 0 Å². The van der Waals surface area contributed by atoms with Gasteiger partial charge in [0.2, 0.25) is 0 Å². The van der Waals surface area contributed by atoms with Crippen molar-refractivity contribution in [3.63, 3.8) is 0 Å². The van der Waals surface area contributed by atoms with Crippen molar-refractivity contribution in [1.82, 2.24) is 4.98 Å². The summed E-state index contributed by atoms with van der Waals surface area (Å²) < 4.78 is 0. The number of hydrogen-bond acceptors (Lipinski definition) is 1. The number of nitrogens with zero attached hydrogens (tertiary/aromatic N) is 1. The lowest BCUT2D eigenvalue weighted by molar-refractivity contribution is 0.838. The van der Waals surface area contributed by atoms with Crippen LogP contribution in [0.15, 0.2) is 84.9 Å². The minimum absolute atomic E-state index is 0.991. The summed E-state index contributed by atoms with van der Waals surface area (Å²) in [4.78, 5) is 5.13. The summed E-state index contributed by atoms with van der Waals surface area (Å²) in [6, 6.07) is 31.8. The molecule has 3 aromatic carbocycles. The van der Waals surface area contributed by atoms with Crippen molar-refractivity contribution in [1.29, 1.82) is 0 Å². The van der Waals surface area contributed by atoms with Crippen molar-refractivity contribution in [3.8, 4) is 0 Å². The minimum Gasteiger partial charge on any atom is -0.258 e. The number of pyridine rings is 1. The normalized spacial score (nSPS) is 11.1. The zero-order valence-electron chi connectivity index (χ0n) is 22.4. The van der Waals surface area contributed by atoms with Crippen LogP contribution in [0.1, 0.15) is 71.1 Å². The topological polar surface area (TPSA) is 12.9 Å². The second kappa shape index (κ2) is 13.2. The van der Waals surface area contributed by atoms with Crippen LogP contribution in [-0.4, -0.2) is 4.98 Å². The maximum atomic E-state index is 5.13. The summed E-state index contributed by atoms with van der Waals surface area (Å²) in [7, 11) is 0. The second-order valence-corrected chi connectivity index (χ2v) is 9.98. The molecule has 0 amide bonds. The molecule has 0 fully saturated rings. The molecule has 4 aromatic rings. The lowest BCUT2D eigenvalue weighted by atomic mass is 9.98. The smallest absolute Gasteiger partial charge is 0.0413 e. The Bertz CT molecular complexity index is 1080. The number of hydrogen-bond donors (Lipinski definition) is 0. The van der Waals surface area contributed by atoms with Gasteiger partial charge in [-0.1, -0.05) is 93.6 Å². The van der Waals surface area contributed by atoms with Crippen LogP contribution in [0.5, 0.6) is 0 Å². The predicted molar refractivity (Wildman–Crippen MR) is 154 cm³/mol. The number of aromatic nitrogens is 1. The van der Waals surface area contributed by atoms with Crippen LogP contribution in [0.4, 0.5) is 0 Å². The summed E-state index contributed by atoms with van der Waals surface area (Å²) in [6.45, 7) is 6.68. The molecular weight excluding hydrogens is 434 g/mol. The first-order chi connectivity index (χ1) is 17.6. The molecule has 0 aliphatic heterocycles. The maximum Gasteiger partial charge on any atom is 0.0413 e. The molecule has 0 atom stereocenters. The second-order valence-electron chi connectivity index (χ2n) is 9.98. The van der Waals surface area contributed by atoms with Crippen LogP contribution >= 0.6 is 0 Å². The lowest BCUT2D eigenvalue weighted by Crippen LogP contribution is -2.04. The van der Waals surface area contributed by atoms with E-state index in [1.165, 1.54) is 50.3 Å². The van der Waals surface area contributed by atoms with Crippen molar-refractivity contribution in [2.75, 3.05) is 0 Å². The highest BCUT2D eigenvalue weighted by molar-refractivity contribution is 5.30. The standard InChI is InChI=1S/C35H41N/c1-4-27-10-7-13-30(22-27)16-17-33-25-34(20-18-31-14-8-11-28(5-2)23-31)36-35(26-33)21-19-32-15-9-12-29(6-3)24-32/h7-15,22-26H,4-6,16-21H2,1-3H3. The zero-order chi connectivity index (χ0) is 25.2. The van der Waals surface area contributed by atoms with Gasteiger partial charge in [-0.2, -0.15) is 0 Å². The number of benzene rings is 3. The molecule has 0 aliphatic rings. The third kappa shape index (κ3) is 7.65. The predicted octanol–water partition coefficient (Wildman–Crippen LogP) is 8.12. The maximum absolute atomic E-state index is 5.13. The highest BCUT2D eigenvalue weighted by Gasteiger charge is 2.07. The molecule has 0 aliphatic carbocycles. The van der Waals surface area contributed by atoms with Crippen molar-refractivity contribution >= 4 is 0 Å². The molecule has 186 valence electrons. The first kappa shape index (κ1) is 25.9. The van der Waals surface area contributed by atoms with E-state index in [9.17, 15) is 0 Å². The Hall–Kier alpha value is -3.19. The van der Waals surface area contributed by atoms with Gasteiger partial charge < -0.3 is 0 Å². The summed E-state index contributed by atoms with van der Waals surface area (Å²) in [5.74, 6) is 0. The van der Waals surface area contributed by atoms with Gasteiger partial charge in [-0.05, 0) is 109 Å². The van der Waals surface area contributed by atoms with Gasteiger partial charge in [0, 0.05) is 11.4 Å². The van der Waals surface area contributed by atoms with Crippen LogP contribution in [0.3, 0.4) is 0 Å². The van der Waals surface area contributed by atoms with Gasteiger partial charge in [0.15, 0.2) is 0 Å². The number of rotatable bonds is 12. The summed E-state index contributed by atoms with van der Waals surface area (Å²) >= 11 is 0. The van der Waals surface area contributed by atoms with Gasteiger partial charge in [0.25, 0.3) is 0 Å². The third-order valence-corrected chi connectivity index (χ3v) is 7.23. The van der Waals surface area contributed by atoms with E-state index in [0.717, 1.165) is 57.8 Å². The Labute approximate surface area is 218 Å². The molecule has 1 heterocycles. The Morgan fingerprint density at radius 1 is 0.389 bits per heavy atom. The van der Waals surface area contributed by atoms with E-state index < -0.39 is 0 Å². The van der Waals surface area contributed by atoms with Crippen LogP contribution in [0.2, 0.25) is 0 Å². The fraction of sp³-hybridized carbons (Fsp3) is 0.343. The van der Waals surface area contributed by atoms with Gasteiger partial charge in [0.1, 0.15) is 0 Å². The van der Waals surface area contributed by atoms with Crippen molar-refractivity contribution in [3.05, 3.63) is 135 Å². The van der Waals surface area contributed by atoms with E-state index in [4.69, 9.17) is 4.98 Å². The molecule has 0 saturated heterocycles. The van der Waals surface area contributed by atoms with Gasteiger partial charge in [-0.15, -0.1) is 0 Å². The molecule has 0 saturated carbocycles. The quantitative estimate of drug-likeness (QED) is 0.202. The van der Waals surface area contributed by atoms with E-state index in [1.807, 2.05) is 0 Å². The molecule has 1 heteroatoms. The average molecular weight is 476 g/mol. The highest BCUT2D eigenvalue weighted by Crippen LogP contribution is 2.17. The molecule has 0 unspecified atom stereocenters. The Morgan fingerprint density at radius 3 is 1.11 bits per heavy atom. The third-order valence-electron chi connectivity index (χ3n) is 7.23. The molecule has 0 spiro atoms. The van der Waals surface area contributed by atoms with Gasteiger partial charge in [-0.3, -0.25) is 4.98 Å². The van der Waals surface area contributed by atoms with E-state index >= 15 is 0 Å². The Kier molecular flexibility index (Phi) is 9.50. The SMILES string of the molecule is CCc1cccc(CCc2cc(CCc3cccc(CC)c3)nc(CCc3cccc(CC)c3)c2)c1. The van der Waals surface area contributed by atoms with Crippen LogP contribution in [0, 0.1) is 0 Å². The fourth-order valence-corrected chi connectivity index (χ4v) is 4.97. The monoisotopic (exact) mass is 475 g/mol. The average Bonchev–Trinajstić information content (AvgIpc) is 2.94. The Morgan fingerprint density at radius 2 is 0.722 bits per heavy atom. The highest BCUT2D eigenvalue weighted by atomic mass is 14.7. The molecule has 0 bridgehead atoms. The van der Waals surface area contributed by atoms with Gasteiger partial charge in [0.05, 0.1) is 0 Å². The fourth-order valence-electron chi connectivity index (χ4n) is 4.97. The largest absolute Gasteiger partial charge is 0.258 e. The summed E-state index contributed by atoms with van der Waals surface area (Å²) in [6.07, 6.45) is 9.47. The van der Waals surface area contributed by atoms with Crippen molar-refractivity contribution in [2.45, 2.75) is 78.6 Å². The van der Waals surface area contributed by atoms with Gasteiger partial charge >= 0.3 is 0 Å². The van der Waals surface area contributed by atoms with Gasteiger partial charge in [-0.25, -0.2) is 0 Å². The molecule has 36 heavy (non-hydrogen) atoms. The first-order valence-corrected chi connectivity index (χ1v) is 13.9. The van der Waals surface area contributed by atoms with E-state index in [-0.39, 0.29) is 0 Å². The van der Waals surface area contributed by atoms with E-state index in [0.29, 0.717) is 0 Å². The van der Waals surface area contributed by atoms with Crippen molar-refractivity contribution < 1.29 is 0 Å². The van der Waals surface area contributed by atoms with Crippen molar-refractivity contribution in [2.24, 2.45) is 0 Å². The first-order valence-electron chi connectivity index (χ1n) is 13.9. The number of aryl methyl sites for hydroxylation is 9. The summed E-state index contributed by atoms with van der Waals surface area (Å²) in [5, 5.41) is 0. The molecule has 1 nitrogen and oxygen atoms in total. The molecule has 1 aromatic heterocycles. The van der Waals surface area contributed by atoms with E-state index in [1.54, 1.807) is 0 Å². The molecule has 0 radical (unpaired) electrons.